The van der Waals surface area contributed by atoms with Crippen molar-refractivity contribution < 1.29 is 23.8 Å². The molecule has 0 heterocycles. The molecule has 0 aliphatic rings. The molecule has 2 aromatic carbocycles. The van der Waals surface area contributed by atoms with Gasteiger partial charge in [0.15, 0.2) is 11.5 Å². The van der Waals surface area contributed by atoms with Crippen molar-refractivity contribution in [2.45, 2.75) is 65.2 Å². The van der Waals surface area contributed by atoms with Crippen molar-refractivity contribution in [3.05, 3.63) is 53.6 Å². The lowest BCUT2D eigenvalue weighted by molar-refractivity contribution is -0.121. The molecule has 34 heavy (non-hydrogen) atoms. The zero-order valence-corrected chi connectivity index (χ0v) is 20.5. The largest absolute Gasteiger partial charge is 0.494 e. The fraction of sp³-hybridized carbons (Fsp3) is 0.444. The van der Waals surface area contributed by atoms with Gasteiger partial charge in [-0.2, -0.15) is 5.10 Å². The molecule has 0 unspecified atom stereocenters. The Morgan fingerprint density at radius 2 is 1.65 bits per heavy atom. The van der Waals surface area contributed by atoms with E-state index >= 15 is 0 Å². The van der Waals surface area contributed by atoms with Crippen molar-refractivity contribution in [3.63, 3.8) is 0 Å². The quantitative estimate of drug-likeness (QED) is 0.116. The van der Waals surface area contributed by atoms with E-state index in [9.17, 15) is 9.59 Å². The van der Waals surface area contributed by atoms with Gasteiger partial charge in [0.2, 0.25) is 5.91 Å². The molecule has 7 nitrogen and oxygen atoms in total. The van der Waals surface area contributed by atoms with Gasteiger partial charge in [0.05, 0.1) is 25.5 Å². The first-order valence-corrected chi connectivity index (χ1v) is 12.0. The number of nitrogens with zero attached hydrogens (tertiary/aromatic N) is 1. The number of rotatable bonds is 15. The number of amides is 1. The monoisotopic (exact) mass is 468 g/mol. The fourth-order valence-electron chi connectivity index (χ4n) is 3.22. The number of benzene rings is 2. The van der Waals surface area contributed by atoms with E-state index in [1.165, 1.54) is 39.0 Å². The number of hydrazone groups is 1. The van der Waals surface area contributed by atoms with Gasteiger partial charge in [0.1, 0.15) is 5.75 Å². The van der Waals surface area contributed by atoms with Crippen LogP contribution >= 0.6 is 0 Å². The number of hydrogen-bond acceptors (Lipinski definition) is 6. The minimum absolute atomic E-state index is 0.102. The molecule has 0 saturated heterocycles. The summed E-state index contributed by atoms with van der Waals surface area (Å²) in [6, 6.07) is 11.9. The maximum atomic E-state index is 12.5. The summed E-state index contributed by atoms with van der Waals surface area (Å²) in [4.78, 5) is 24.4. The number of methoxy groups -OCH3 is 1. The van der Waals surface area contributed by atoms with Crippen LogP contribution in [0.25, 0.3) is 0 Å². The summed E-state index contributed by atoms with van der Waals surface area (Å²) >= 11 is 0. The van der Waals surface area contributed by atoms with Gasteiger partial charge in [-0.1, -0.05) is 46.0 Å². The van der Waals surface area contributed by atoms with Crippen LogP contribution in [0.5, 0.6) is 17.2 Å². The number of nitrogens with one attached hydrogen (secondary N) is 1. The maximum absolute atomic E-state index is 12.5. The van der Waals surface area contributed by atoms with Crippen molar-refractivity contribution >= 4 is 18.1 Å². The lowest BCUT2D eigenvalue weighted by atomic mass is 10.1. The van der Waals surface area contributed by atoms with E-state index in [1.54, 1.807) is 42.5 Å². The molecule has 0 aliphatic carbocycles. The summed E-state index contributed by atoms with van der Waals surface area (Å²) in [6.45, 7) is 4.84. The standard InChI is InChI=1S/C27H36N2O5/c1-4-6-7-8-9-10-11-26(30)29-28-20-21-12-17-24(25(19-21)32-3)34-27(31)22-13-15-23(16-14-22)33-18-5-2/h12-17,19-20H,4-11,18H2,1-3H3,(H,29,30)/b28-20-. The van der Waals surface area contributed by atoms with E-state index < -0.39 is 5.97 Å². The molecule has 0 aliphatic heterocycles. The number of carbonyl (C=O) groups is 2. The molecule has 0 saturated carbocycles. The summed E-state index contributed by atoms with van der Waals surface area (Å²) in [6.07, 6.45) is 9.69. The molecule has 2 rings (SSSR count). The Bertz CT molecular complexity index is 925. The normalized spacial score (nSPS) is 10.8. The predicted molar refractivity (Wildman–Crippen MR) is 134 cm³/mol. The van der Waals surface area contributed by atoms with Gasteiger partial charge in [-0.05, 0) is 60.9 Å². The topological polar surface area (TPSA) is 86.2 Å². The highest BCUT2D eigenvalue weighted by molar-refractivity contribution is 5.91. The molecule has 184 valence electrons. The van der Waals surface area contributed by atoms with Crippen LogP contribution in [0.4, 0.5) is 0 Å². The first-order chi connectivity index (χ1) is 16.6. The van der Waals surface area contributed by atoms with E-state index in [-0.39, 0.29) is 5.91 Å². The number of hydrogen-bond donors (Lipinski definition) is 1. The van der Waals surface area contributed by atoms with Crippen molar-refractivity contribution in [1.82, 2.24) is 5.43 Å². The van der Waals surface area contributed by atoms with Crippen LogP contribution in [0.15, 0.2) is 47.6 Å². The van der Waals surface area contributed by atoms with Gasteiger partial charge in [-0.25, -0.2) is 10.2 Å². The second kappa shape index (κ2) is 15.5. The predicted octanol–water partition coefficient (Wildman–Crippen LogP) is 5.90. The minimum Gasteiger partial charge on any atom is -0.494 e. The second-order valence-electron chi connectivity index (χ2n) is 7.98. The van der Waals surface area contributed by atoms with Crippen LogP contribution in [-0.2, 0) is 4.79 Å². The second-order valence-corrected chi connectivity index (χ2v) is 7.98. The van der Waals surface area contributed by atoms with Crippen molar-refractivity contribution in [2.75, 3.05) is 13.7 Å². The third-order valence-electron chi connectivity index (χ3n) is 5.11. The van der Waals surface area contributed by atoms with E-state index in [4.69, 9.17) is 14.2 Å². The number of ether oxygens (including phenoxy) is 3. The third-order valence-corrected chi connectivity index (χ3v) is 5.11. The summed E-state index contributed by atoms with van der Waals surface area (Å²) in [5, 5.41) is 4.01. The van der Waals surface area contributed by atoms with Crippen LogP contribution in [0.2, 0.25) is 0 Å². The van der Waals surface area contributed by atoms with E-state index in [1.807, 2.05) is 6.92 Å². The van der Waals surface area contributed by atoms with Crippen LogP contribution in [-0.4, -0.2) is 31.8 Å². The van der Waals surface area contributed by atoms with Gasteiger partial charge in [0.25, 0.3) is 0 Å². The van der Waals surface area contributed by atoms with Crippen LogP contribution in [0, 0.1) is 0 Å². The SMILES string of the molecule is CCCCCCCCC(=O)N/N=C\c1ccc(OC(=O)c2ccc(OCCC)cc2)c(OC)c1. The highest BCUT2D eigenvalue weighted by atomic mass is 16.6. The number of unbranched alkanes of at least 4 members (excludes halogenated alkanes) is 5. The molecule has 0 radical (unpaired) electrons. The van der Waals surface area contributed by atoms with E-state index in [2.05, 4.69) is 17.5 Å². The Balaban J connectivity index is 1.86. The number of esters is 1. The number of carbonyl (C=O) groups excluding carboxylic acids is 2. The summed E-state index contributed by atoms with van der Waals surface area (Å²) < 4.78 is 16.4. The molecular weight excluding hydrogens is 432 g/mol. The zero-order valence-electron chi connectivity index (χ0n) is 20.5. The van der Waals surface area contributed by atoms with Crippen molar-refractivity contribution in [3.8, 4) is 17.2 Å². The molecule has 0 fully saturated rings. The van der Waals surface area contributed by atoms with Crippen LogP contribution in [0.3, 0.4) is 0 Å². The first kappa shape index (κ1) is 26.9. The average Bonchev–Trinajstić information content (AvgIpc) is 2.85. The lowest BCUT2D eigenvalue weighted by Crippen LogP contribution is -2.16. The van der Waals surface area contributed by atoms with Crippen molar-refractivity contribution in [2.24, 2.45) is 5.10 Å². The zero-order chi connectivity index (χ0) is 24.6. The Hall–Kier alpha value is -3.35. The van der Waals surface area contributed by atoms with Crippen LogP contribution < -0.4 is 19.6 Å². The van der Waals surface area contributed by atoms with Gasteiger partial charge in [0, 0.05) is 6.42 Å². The van der Waals surface area contributed by atoms with Crippen LogP contribution in [0.1, 0.15) is 81.1 Å². The Labute approximate surface area is 202 Å². The molecule has 1 amide bonds. The van der Waals surface area contributed by atoms with Gasteiger partial charge in [-0.15, -0.1) is 0 Å². The van der Waals surface area contributed by atoms with Gasteiger partial charge >= 0.3 is 5.97 Å². The molecule has 0 aromatic heterocycles. The summed E-state index contributed by atoms with van der Waals surface area (Å²) in [5.41, 5.74) is 3.66. The van der Waals surface area contributed by atoms with E-state index in [0.29, 0.717) is 41.4 Å². The fourth-order valence-corrected chi connectivity index (χ4v) is 3.22. The molecule has 0 spiro atoms. The average molecular weight is 469 g/mol. The maximum Gasteiger partial charge on any atom is 0.343 e. The lowest BCUT2D eigenvalue weighted by Gasteiger charge is -2.10. The molecular formula is C27H36N2O5. The minimum atomic E-state index is -0.497. The summed E-state index contributed by atoms with van der Waals surface area (Å²) in [5.74, 6) is 0.791. The third kappa shape index (κ3) is 9.65. The molecule has 0 bridgehead atoms. The smallest absolute Gasteiger partial charge is 0.343 e. The van der Waals surface area contributed by atoms with Gasteiger partial charge < -0.3 is 14.2 Å². The Morgan fingerprint density at radius 1 is 0.912 bits per heavy atom. The summed E-state index contributed by atoms with van der Waals surface area (Å²) in [7, 11) is 1.50. The Kier molecular flexibility index (Phi) is 12.2. The van der Waals surface area contributed by atoms with E-state index in [0.717, 1.165) is 19.3 Å². The molecule has 7 heteroatoms. The molecule has 1 N–H and O–H groups in total. The van der Waals surface area contributed by atoms with Gasteiger partial charge in [-0.3, -0.25) is 4.79 Å². The first-order valence-electron chi connectivity index (χ1n) is 12.0. The molecule has 0 atom stereocenters. The molecule has 2 aromatic rings. The highest BCUT2D eigenvalue weighted by Gasteiger charge is 2.13. The highest BCUT2D eigenvalue weighted by Crippen LogP contribution is 2.28. The Morgan fingerprint density at radius 3 is 2.35 bits per heavy atom. The van der Waals surface area contributed by atoms with Crippen molar-refractivity contribution in [1.29, 1.82) is 0 Å².